The van der Waals surface area contributed by atoms with E-state index in [1.54, 1.807) is 6.33 Å². The number of likely N-dealkylation sites (tertiary alicyclic amines) is 1. The van der Waals surface area contributed by atoms with Gasteiger partial charge in [-0.3, -0.25) is 4.79 Å². The Morgan fingerprint density at radius 2 is 1.76 bits per heavy atom. The molecule has 0 bridgehead atoms. The highest BCUT2D eigenvalue weighted by Crippen LogP contribution is 2.38. The number of carbonyl (C=O) groups is 1. The smallest absolute Gasteiger partial charge is 0.222 e. The van der Waals surface area contributed by atoms with Gasteiger partial charge in [-0.15, -0.1) is 0 Å². The molecule has 4 rings (SSSR count). The van der Waals surface area contributed by atoms with E-state index in [2.05, 4.69) is 26.7 Å². The van der Waals surface area contributed by atoms with Crippen LogP contribution in [0, 0.1) is 31.6 Å². The summed E-state index contributed by atoms with van der Waals surface area (Å²) in [5, 5.41) is 0. The third-order valence-corrected chi connectivity index (χ3v) is 6.77. The second-order valence-electron chi connectivity index (χ2n) is 8.29. The lowest BCUT2D eigenvalue weighted by atomic mass is 9.92. The van der Waals surface area contributed by atoms with Crippen molar-refractivity contribution in [2.75, 3.05) is 31.1 Å². The van der Waals surface area contributed by atoms with E-state index in [-0.39, 0.29) is 0 Å². The summed E-state index contributed by atoms with van der Waals surface area (Å²) >= 11 is 0. The first-order chi connectivity index (χ1) is 12.1. The van der Waals surface area contributed by atoms with Crippen LogP contribution in [0.2, 0.25) is 0 Å². The first kappa shape index (κ1) is 16.8. The van der Waals surface area contributed by atoms with Gasteiger partial charge in [0.2, 0.25) is 5.91 Å². The maximum absolute atomic E-state index is 12.7. The molecular formula is C20H30N4O. The molecule has 2 saturated heterocycles. The van der Waals surface area contributed by atoms with Gasteiger partial charge in [-0.2, -0.15) is 0 Å². The monoisotopic (exact) mass is 342 g/mol. The average molecular weight is 342 g/mol. The van der Waals surface area contributed by atoms with Crippen molar-refractivity contribution in [3.63, 3.8) is 0 Å². The number of fused-ring (bicyclic) bond motifs is 1. The molecule has 1 saturated carbocycles. The third kappa shape index (κ3) is 3.38. The molecule has 1 aromatic heterocycles. The quantitative estimate of drug-likeness (QED) is 0.847. The molecule has 0 spiro atoms. The molecular weight excluding hydrogens is 312 g/mol. The van der Waals surface area contributed by atoms with Crippen molar-refractivity contribution in [1.82, 2.24) is 14.9 Å². The fraction of sp³-hybridized carbons (Fsp3) is 0.750. The summed E-state index contributed by atoms with van der Waals surface area (Å²) in [5.41, 5.74) is 2.24. The zero-order valence-electron chi connectivity index (χ0n) is 15.6. The number of anilines is 1. The number of amides is 1. The molecule has 2 unspecified atom stereocenters. The minimum atomic E-state index is 0.405. The van der Waals surface area contributed by atoms with Crippen LogP contribution in [0.4, 0.5) is 5.82 Å². The number of aromatic nitrogens is 2. The van der Waals surface area contributed by atoms with Gasteiger partial charge in [0.15, 0.2) is 0 Å². The van der Waals surface area contributed by atoms with Crippen LogP contribution in [0.3, 0.4) is 0 Å². The average Bonchev–Trinajstić information content (AvgIpc) is 3.20. The number of piperidine rings is 1. The minimum Gasteiger partial charge on any atom is -0.356 e. The largest absolute Gasteiger partial charge is 0.356 e. The first-order valence-electron chi connectivity index (χ1n) is 9.92. The number of aryl methyl sites for hydroxylation is 1. The van der Waals surface area contributed by atoms with Crippen LogP contribution in [-0.4, -0.2) is 47.0 Å². The van der Waals surface area contributed by atoms with Gasteiger partial charge in [0.05, 0.1) is 0 Å². The Labute approximate surface area is 150 Å². The molecule has 3 aliphatic rings. The number of carbonyl (C=O) groups excluding carboxylic acids is 1. The Morgan fingerprint density at radius 3 is 2.44 bits per heavy atom. The van der Waals surface area contributed by atoms with E-state index in [0.717, 1.165) is 68.8 Å². The topological polar surface area (TPSA) is 49.3 Å². The lowest BCUT2D eigenvalue weighted by molar-refractivity contribution is -0.131. The number of nitrogens with zero attached hydrogens (tertiary/aromatic N) is 4. The Hall–Kier alpha value is -1.65. The van der Waals surface area contributed by atoms with Crippen LogP contribution < -0.4 is 4.90 Å². The summed E-state index contributed by atoms with van der Waals surface area (Å²) in [6.45, 7) is 8.20. The number of hydrogen-bond acceptors (Lipinski definition) is 4. The van der Waals surface area contributed by atoms with Gasteiger partial charge in [0.1, 0.15) is 12.1 Å². The van der Waals surface area contributed by atoms with Gasteiger partial charge >= 0.3 is 0 Å². The van der Waals surface area contributed by atoms with Gasteiger partial charge in [-0.1, -0.05) is 6.42 Å². The van der Waals surface area contributed by atoms with Crippen molar-refractivity contribution in [2.24, 2.45) is 17.8 Å². The zero-order chi connectivity index (χ0) is 17.4. The van der Waals surface area contributed by atoms with Gasteiger partial charge in [0.25, 0.3) is 0 Å². The van der Waals surface area contributed by atoms with Crippen LogP contribution in [0.25, 0.3) is 0 Å². The van der Waals surface area contributed by atoms with Crippen LogP contribution in [0.15, 0.2) is 6.33 Å². The lowest BCUT2D eigenvalue weighted by Crippen LogP contribution is -2.37. The summed E-state index contributed by atoms with van der Waals surface area (Å²) in [5.74, 6) is 3.61. The molecule has 5 heteroatoms. The van der Waals surface area contributed by atoms with E-state index >= 15 is 0 Å². The van der Waals surface area contributed by atoms with Gasteiger partial charge in [-0.25, -0.2) is 9.97 Å². The molecule has 3 fully saturated rings. The van der Waals surface area contributed by atoms with Crippen LogP contribution in [-0.2, 0) is 4.79 Å². The van der Waals surface area contributed by atoms with Crippen molar-refractivity contribution in [1.29, 1.82) is 0 Å². The number of hydrogen-bond donors (Lipinski definition) is 0. The summed E-state index contributed by atoms with van der Waals surface area (Å²) in [7, 11) is 0. The fourth-order valence-corrected chi connectivity index (χ4v) is 5.01. The van der Waals surface area contributed by atoms with Crippen LogP contribution in [0.5, 0.6) is 0 Å². The molecule has 1 aliphatic carbocycles. The summed E-state index contributed by atoms with van der Waals surface area (Å²) in [4.78, 5) is 26.0. The molecule has 2 aliphatic heterocycles. The highest BCUT2D eigenvalue weighted by molar-refractivity contribution is 5.76. The second kappa shape index (κ2) is 6.93. The highest BCUT2D eigenvalue weighted by Gasteiger charge is 2.38. The summed E-state index contributed by atoms with van der Waals surface area (Å²) in [6.07, 6.45) is 8.64. The summed E-state index contributed by atoms with van der Waals surface area (Å²) in [6, 6.07) is 0. The molecule has 1 aromatic rings. The highest BCUT2D eigenvalue weighted by atomic mass is 16.2. The third-order valence-electron chi connectivity index (χ3n) is 6.77. The standard InChI is InChI=1S/C20H30N4O/c1-14-15(2)21-13-22-20(14)23-8-6-16(7-9-23)10-19(25)24-11-17-4-3-5-18(17)12-24/h13,16-18H,3-12H2,1-2H3. The Kier molecular flexibility index (Phi) is 4.65. The van der Waals surface area contributed by atoms with Gasteiger partial charge in [0, 0.05) is 43.9 Å². The minimum absolute atomic E-state index is 0.405. The van der Waals surface area contributed by atoms with E-state index in [1.807, 2.05) is 6.92 Å². The Bertz CT molecular complexity index is 627. The molecule has 3 heterocycles. The Morgan fingerprint density at radius 1 is 1.08 bits per heavy atom. The van der Waals surface area contributed by atoms with E-state index in [0.29, 0.717) is 11.8 Å². The summed E-state index contributed by atoms with van der Waals surface area (Å²) < 4.78 is 0. The molecule has 0 N–H and O–H groups in total. The van der Waals surface area contributed by atoms with Crippen molar-refractivity contribution >= 4 is 11.7 Å². The van der Waals surface area contributed by atoms with Crippen molar-refractivity contribution in [3.8, 4) is 0 Å². The second-order valence-corrected chi connectivity index (χ2v) is 8.29. The normalized spacial score (nSPS) is 27.0. The molecule has 5 nitrogen and oxygen atoms in total. The molecule has 0 radical (unpaired) electrons. The predicted octanol–water partition coefficient (Wildman–Crippen LogP) is 2.96. The molecule has 0 aromatic carbocycles. The zero-order valence-corrected chi connectivity index (χ0v) is 15.6. The van der Waals surface area contributed by atoms with E-state index in [4.69, 9.17) is 0 Å². The molecule has 136 valence electrons. The Balaban J connectivity index is 1.29. The lowest BCUT2D eigenvalue weighted by Gasteiger charge is -2.34. The van der Waals surface area contributed by atoms with Crippen molar-refractivity contribution in [3.05, 3.63) is 17.6 Å². The molecule has 2 atom stereocenters. The van der Waals surface area contributed by atoms with Crippen molar-refractivity contribution in [2.45, 2.75) is 52.4 Å². The maximum atomic E-state index is 12.7. The van der Waals surface area contributed by atoms with E-state index in [1.165, 1.54) is 24.8 Å². The maximum Gasteiger partial charge on any atom is 0.222 e. The van der Waals surface area contributed by atoms with Gasteiger partial charge in [-0.05, 0) is 57.3 Å². The molecule has 1 amide bonds. The fourth-order valence-electron chi connectivity index (χ4n) is 5.01. The molecule has 25 heavy (non-hydrogen) atoms. The van der Waals surface area contributed by atoms with Gasteiger partial charge < -0.3 is 9.80 Å². The van der Waals surface area contributed by atoms with E-state index < -0.39 is 0 Å². The van der Waals surface area contributed by atoms with Crippen LogP contribution in [0.1, 0.15) is 49.8 Å². The number of rotatable bonds is 3. The van der Waals surface area contributed by atoms with Crippen molar-refractivity contribution < 1.29 is 4.79 Å². The first-order valence-corrected chi connectivity index (χ1v) is 9.92. The van der Waals surface area contributed by atoms with Crippen LogP contribution >= 0.6 is 0 Å². The predicted molar refractivity (Wildman–Crippen MR) is 98.5 cm³/mol. The van der Waals surface area contributed by atoms with E-state index in [9.17, 15) is 4.79 Å². The SMILES string of the molecule is Cc1ncnc(N2CCC(CC(=O)N3CC4CCCC4C3)CC2)c1C.